The number of aliphatic hydroxyl groups is 1. The molecule has 1 aromatic carbocycles. The molecule has 0 saturated carbocycles. The Bertz CT molecular complexity index is 1390. The number of unbranched alkanes of at least 4 members (excludes halogenated alkanes) is 2. The van der Waals surface area contributed by atoms with Crippen LogP contribution in [0, 0.1) is 11.8 Å². The summed E-state index contributed by atoms with van der Waals surface area (Å²) >= 11 is 0. The van der Waals surface area contributed by atoms with Crippen LogP contribution >= 0.6 is 0 Å². The molecule has 4 aliphatic rings. The van der Waals surface area contributed by atoms with Gasteiger partial charge in [0, 0.05) is 19.7 Å². The lowest BCUT2D eigenvalue weighted by Gasteiger charge is -2.38. The van der Waals surface area contributed by atoms with E-state index in [4.69, 9.17) is 9.47 Å². The molecule has 0 bridgehead atoms. The highest BCUT2D eigenvalue weighted by Crippen LogP contribution is 2.58. The number of hydrogen-bond acceptors (Lipinski definition) is 8. The van der Waals surface area contributed by atoms with Gasteiger partial charge in [0.15, 0.2) is 0 Å². The lowest BCUT2D eigenvalue weighted by atomic mass is 9.73. The van der Waals surface area contributed by atoms with Crippen molar-refractivity contribution >= 4 is 28.8 Å². The SMILES string of the molecule is CC[C@]12/C=C\CCCOC(=O)[C@H]1[C@H]1C(=O)N(CCCCCO)C3C(=O)N(Cn4nnc5ccccc54)CC=C[C@@]31O2. The third-order valence-corrected chi connectivity index (χ3v) is 9.00. The van der Waals surface area contributed by atoms with Crippen molar-refractivity contribution in [3.63, 3.8) is 0 Å². The number of rotatable bonds is 8. The zero-order chi connectivity index (χ0) is 28.6. The maximum Gasteiger partial charge on any atom is 0.313 e. The molecule has 4 aliphatic heterocycles. The summed E-state index contributed by atoms with van der Waals surface area (Å²) in [6.45, 7) is 3.04. The summed E-state index contributed by atoms with van der Waals surface area (Å²) in [4.78, 5) is 45.8. The molecule has 0 aliphatic carbocycles. The van der Waals surface area contributed by atoms with E-state index in [1.165, 1.54) is 0 Å². The summed E-state index contributed by atoms with van der Waals surface area (Å²) in [5.41, 5.74) is -0.864. The topological polar surface area (TPSA) is 127 Å². The zero-order valence-corrected chi connectivity index (χ0v) is 23.4. The number of esters is 1. The van der Waals surface area contributed by atoms with Crippen molar-refractivity contribution in [1.29, 1.82) is 0 Å². The van der Waals surface area contributed by atoms with E-state index >= 15 is 0 Å². The Balaban J connectivity index is 1.41. The Kier molecular flexibility index (Phi) is 7.41. The monoisotopic (exact) mass is 563 g/mol. The van der Waals surface area contributed by atoms with Crippen LogP contribution in [-0.2, 0) is 30.5 Å². The Morgan fingerprint density at radius 1 is 1.05 bits per heavy atom. The standard InChI is InChI=1S/C30H37N5O6/c1-2-29-14-7-3-10-19-40-28(39)24(29)23-26(37)34(17-8-4-9-18-36)25-27(38)33(16-11-15-30(23,25)41-29)20-35-22-13-6-5-12-21(22)31-32-35/h5-7,11-15,23-25,36H,2-4,8-10,16-20H2,1H3/b14-7-/t23-,24+,25?,29-,30-/m0/s1. The van der Waals surface area contributed by atoms with Gasteiger partial charge in [-0.05, 0) is 50.7 Å². The highest BCUT2D eigenvalue weighted by Gasteiger charge is 2.75. The summed E-state index contributed by atoms with van der Waals surface area (Å²) in [6.07, 6.45) is 11.5. The number of carbonyl (C=O) groups excluding carboxylic acids is 3. The number of ether oxygens (including phenoxy) is 2. The third kappa shape index (κ3) is 4.46. The first-order chi connectivity index (χ1) is 20.0. The van der Waals surface area contributed by atoms with Gasteiger partial charge in [0.05, 0.1) is 18.0 Å². The van der Waals surface area contributed by atoms with Crippen LogP contribution < -0.4 is 0 Å². The van der Waals surface area contributed by atoms with E-state index in [1.807, 2.05) is 55.5 Å². The Labute approximate surface area is 238 Å². The number of aliphatic hydroxyl groups excluding tert-OH is 1. The lowest BCUT2D eigenvalue weighted by Crippen LogP contribution is -2.56. The van der Waals surface area contributed by atoms with Crippen LogP contribution in [0.5, 0.6) is 0 Å². The van der Waals surface area contributed by atoms with Crippen LogP contribution in [0.25, 0.3) is 11.0 Å². The molecule has 1 spiro atoms. The molecular formula is C30H37N5O6. The van der Waals surface area contributed by atoms with Gasteiger partial charge in [0.2, 0.25) is 5.91 Å². The summed E-state index contributed by atoms with van der Waals surface area (Å²) in [6, 6.07) is 6.59. The molecule has 2 aromatic rings. The molecule has 6 rings (SSSR count). The molecule has 11 nitrogen and oxygen atoms in total. The number of amides is 2. The van der Waals surface area contributed by atoms with Crippen molar-refractivity contribution in [2.75, 3.05) is 26.3 Å². The number of nitrogens with zero attached hydrogens (tertiary/aromatic N) is 5. The molecule has 2 saturated heterocycles. The van der Waals surface area contributed by atoms with Crippen LogP contribution in [0.3, 0.4) is 0 Å². The number of carbonyl (C=O) groups is 3. The highest BCUT2D eigenvalue weighted by atomic mass is 16.6. The molecule has 1 N–H and O–H groups in total. The van der Waals surface area contributed by atoms with E-state index in [2.05, 4.69) is 10.3 Å². The summed E-state index contributed by atoms with van der Waals surface area (Å²) in [7, 11) is 0. The first-order valence-corrected chi connectivity index (χ1v) is 14.7. The molecule has 41 heavy (non-hydrogen) atoms. The number of fused-ring (bicyclic) bond motifs is 3. The van der Waals surface area contributed by atoms with Gasteiger partial charge in [-0.15, -0.1) is 5.10 Å². The van der Waals surface area contributed by atoms with Gasteiger partial charge in [-0.2, -0.15) is 0 Å². The third-order valence-electron chi connectivity index (χ3n) is 9.00. The Hall–Kier alpha value is -3.57. The van der Waals surface area contributed by atoms with Gasteiger partial charge >= 0.3 is 5.97 Å². The second-order valence-electron chi connectivity index (χ2n) is 11.3. The normalized spacial score (nSPS) is 32.1. The average Bonchev–Trinajstić information content (AvgIpc) is 3.56. The van der Waals surface area contributed by atoms with E-state index in [0.29, 0.717) is 38.6 Å². The molecule has 5 atom stereocenters. The van der Waals surface area contributed by atoms with Crippen molar-refractivity contribution < 1.29 is 29.0 Å². The second-order valence-corrected chi connectivity index (χ2v) is 11.3. The quantitative estimate of drug-likeness (QED) is 0.294. The minimum absolute atomic E-state index is 0.0631. The van der Waals surface area contributed by atoms with Gasteiger partial charge in [-0.1, -0.05) is 48.6 Å². The van der Waals surface area contributed by atoms with Crippen LogP contribution in [0.1, 0.15) is 45.4 Å². The number of allylic oxidation sites excluding steroid dienone is 1. The number of likely N-dealkylation sites (tertiary alicyclic amines) is 1. The predicted octanol–water partition coefficient (Wildman–Crippen LogP) is 2.20. The van der Waals surface area contributed by atoms with Gasteiger partial charge < -0.3 is 24.4 Å². The van der Waals surface area contributed by atoms with Gasteiger partial charge in [-0.25, -0.2) is 4.68 Å². The molecule has 0 radical (unpaired) electrons. The maximum absolute atomic E-state index is 14.5. The fourth-order valence-electron chi connectivity index (χ4n) is 7.04. The van der Waals surface area contributed by atoms with Crippen molar-refractivity contribution in [3.05, 3.63) is 48.6 Å². The first kappa shape index (κ1) is 27.6. The Morgan fingerprint density at radius 3 is 2.73 bits per heavy atom. The minimum Gasteiger partial charge on any atom is -0.465 e. The molecule has 5 heterocycles. The van der Waals surface area contributed by atoms with E-state index < -0.39 is 35.0 Å². The molecule has 2 amide bonds. The minimum atomic E-state index is -1.33. The van der Waals surface area contributed by atoms with Crippen LogP contribution in [-0.4, -0.2) is 91.2 Å². The number of para-hydroxylation sites is 1. The summed E-state index contributed by atoms with van der Waals surface area (Å²) < 4.78 is 14.3. The van der Waals surface area contributed by atoms with Gasteiger partial charge in [0.25, 0.3) is 5.91 Å². The highest BCUT2D eigenvalue weighted by molar-refractivity contribution is 5.99. The molecular weight excluding hydrogens is 526 g/mol. The number of benzene rings is 1. The van der Waals surface area contributed by atoms with Gasteiger partial charge in [-0.3, -0.25) is 14.4 Å². The first-order valence-electron chi connectivity index (χ1n) is 14.7. The van der Waals surface area contributed by atoms with Crippen molar-refractivity contribution in [1.82, 2.24) is 24.8 Å². The smallest absolute Gasteiger partial charge is 0.313 e. The van der Waals surface area contributed by atoms with Crippen molar-refractivity contribution in [2.45, 2.75) is 69.4 Å². The Morgan fingerprint density at radius 2 is 1.90 bits per heavy atom. The maximum atomic E-state index is 14.5. The van der Waals surface area contributed by atoms with E-state index in [-0.39, 0.29) is 38.2 Å². The molecule has 218 valence electrons. The van der Waals surface area contributed by atoms with Crippen LogP contribution in [0.15, 0.2) is 48.6 Å². The summed E-state index contributed by atoms with van der Waals surface area (Å²) in [5, 5.41) is 17.8. The molecule has 1 unspecified atom stereocenters. The van der Waals surface area contributed by atoms with E-state index in [1.54, 1.807) is 14.5 Å². The summed E-state index contributed by atoms with van der Waals surface area (Å²) in [5.74, 6) is -2.75. The predicted molar refractivity (Wildman–Crippen MR) is 148 cm³/mol. The number of aromatic nitrogens is 3. The van der Waals surface area contributed by atoms with E-state index in [9.17, 15) is 19.5 Å². The van der Waals surface area contributed by atoms with E-state index in [0.717, 1.165) is 17.5 Å². The fourth-order valence-corrected chi connectivity index (χ4v) is 7.04. The largest absolute Gasteiger partial charge is 0.465 e. The number of hydrogen-bond donors (Lipinski definition) is 1. The fraction of sp³-hybridized carbons (Fsp3) is 0.567. The van der Waals surface area contributed by atoms with Crippen molar-refractivity contribution in [2.24, 2.45) is 11.8 Å². The van der Waals surface area contributed by atoms with Gasteiger partial charge in [0.1, 0.15) is 35.3 Å². The zero-order valence-electron chi connectivity index (χ0n) is 23.4. The molecule has 1 aromatic heterocycles. The lowest BCUT2D eigenvalue weighted by molar-refractivity contribution is -0.161. The molecule has 2 fully saturated rings. The van der Waals surface area contributed by atoms with Crippen LogP contribution in [0.2, 0.25) is 0 Å². The second kappa shape index (κ2) is 11.0. The average molecular weight is 564 g/mol. The van der Waals surface area contributed by atoms with Crippen molar-refractivity contribution in [3.8, 4) is 0 Å². The molecule has 11 heteroatoms. The van der Waals surface area contributed by atoms with Crippen LogP contribution in [0.4, 0.5) is 0 Å². The number of cyclic esters (lactones) is 1.